The van der Waals surface area contributed by atoms with Crippen LogP contribution in [0.15, 0.2) is 34.7 Å². The second-order valence-electron chi connectivity index (χ2n) is 5.38. The molecule has 0 unspecified atom stereocenters. The van der Waals surface area contributed by atoms with Gasteiger partial charge in [0, 0.05) is 23.6 Å². The molecule has 1 aromatic carbocycles. The first-order valence-corrected chi connectivity index (χ1v) is 9.75. The third-order valence-electron chi connectivity index (χ3n) is 3.42. The molecule has 0 amide bonds. The van der Waals surface area contributed by atoms with Gasteiger partial charge in [0.2, 0.25) is 0 Å². The van der Waals surface area contributed by atoms with Gasteiger partial charge in [0.25, 0.3) is 10.0 Å². The normalized spacial score (nSPS) is 11.7. The van der Waals surface area contributed by atoms with Crippen molar-refractivity contribution in [2.75, 3.05) is 4.72 Å². The van der Waals surface area contributed by atoms with Crippen LogP contribution in [0.4, 0.5) is 5.82 Å². The average molecular weight is 383 g/mol. The summed E-state index contributed by atoms with van der Waals surface area (Å²) in [6, 6.07) is 5.03. The van der Waals surface area contributed by atoms with Gasteiger partial charge in [-0.25, -0.2) is 13.4 Å². The van der Waals surface area contributed by atoms with Crippen LogP contribution in [0.3, 0.4) is 0 Å². The number of benzene rings is 1. The molecule has 0 bridgehead atoms. The first-order chi connectivity index (χ1) is 11.3. The lowest BCUT2D eigenvalue weighted by molar-refractivity contribution is 0.600. The van der Waals surface area contributed by atoms with Crippen molar-refractivity contribution in [2.45, 2.75) is 18.7 Å². The van der Waals surface area contributed by atoms with Crippen LogP contribution in [0, 0.1) is 13.8 Å². The summed E-state index contributed by atoms with van der Waals surface area (Å²) in [5.74, 6) is 0.271. The summed E-state index contributed by atoms with van der Waals surface area (Å²) in [6.07, 6.45) is 1.81. The fourth-order valence-corrected chi connectivity index (χ4v) is 4.52. The van der Waals surface area contributed by atoms with E-state index in [1.54, 1.807) is 42.2 Å². The summed E-state index contributed by atoms with van der Waals surface area (Å²) in [6.45, 7) is 3.48. The Labute approximate surface area is 149 Å². The molecule has 0 aliphatic rings. The molecule has 0 spiro atoms. The highest BCUT2D eigenvalue weighted by Gasteiger charge is 2.20. The first-order valence-electron chi connectivity index (χ1n) is 7.01. The maximum absolute atomic E-state index is 12.6. The molecule has 0 fully saturated rings. The predicted octanol–water partition coefficient (Wildman–Crippen LogP) is 3.61. The van der Waals surface area contributed by atoms with Crippen LogP contribution in [0.1, 0.15) is 11.1 Å². The molecular formula is C15H15ClN4O2S2. The lowest BCUT2D eigenvalue weighted by atomic mass is 10.2. The Hall–Kier alpha value is -1.90. The molecule has 1 N–H and O–H groups in total. The van der Waals surface area contributed by atoms with Crippen LogP contribution >= 0.6 is 22.9 Å². The van der Waals surface area contributed by atoms with E-state index in [1.807, 2.05) is 13.1 Å². The van der Waals surface area contributed by atoms with Gasteiger partial charge in [0.05, 0.1) is 4.90 Å². The highest BCUT2D eigenvalue weighted by atomic mass is 35.5. The molecule has 6 nitrogen and oxygen atoms in total. The SMILES string of the molecule is Cc1cc(S(=O)(=O)Nc2csc(-c3ccn(C)n3)n2)c(C)cc1Cl. The number of anilines is 1. The Balaban J connectivity index is 1.90. The summed E-state index contributed by atoms with van der Waals surface area (Å²) in [4.78, 5) is 4.49. The molecule has 0 aliphatic carbocycles. The largest absolute Gasteiger partial charge is 0.275 e. The van der Waals surface area contributed by atoms with Crippen LogP contribution in [0.2, 0.25) is 5.02 Å². The number of aryl methyl sites for hydroxylation is 3. The summed E-state index contributed by atoms with van der Waals surface area (Å²) < 4.78 is 29.4. The molecule has 3 aromatic rings. The van der Waals surface area contributed by atoms with E-state index in [-0.39, 0.29) is 10.7 Å². The standard InChI is InChI=1S/C15H15ClN4O2S2/c1-9-7-13(10(2)6-11(9)16)24(21,22)19-14-8-23-15(17-14)12-4-5-20(3)18-12/h4-8,19H,1-3H3. The topological polar surface area (TPSA) is 76.9 Å². The zero-order valence-electron chi connectivity index (χ0n) is 13.2. The highest BCUT2D eigenvalue weighted by Crippen LogP contribution is 2.28. The number of nitrogens with zero attached hydrogens (tertiary/aromatic N) is 3. The van der Waals surface area contributed by atoms with Gasteiger partial charge in [-0.05, 0) is 43.2 Å². The fraction of sp³-hybridized carbons (Fsp3) is 0.200. The van der Waals surface area contributed by atoms with Crippen LogP contribution in [0.25, 0.3) is 10.7 Å². The molecule has 2 aromatic heterocycles. The van der Waals surface area contributed by atoms with E-state index in [4.69, 9.17) is 11.6 Å². The smallest absolute Gasteiger partial charge is 0.263 e. The minimum atomic E-state index is -3.74. The zero-order valence-corrected chi connectivity index (χ0v) is 15.6. The van der Waals surface area contributed by atoms with Crippen molar-refractivity contribution in [1.29, 1.82) is 0 Å². The fourth-order valence-electron chi connectivity index (χ4n) is 2.20. The van der Waals surface area contributed by atoms with Crippen molar-refractivity contribution in [3.8, 4) is 10.7 Å². The van der Waals surface area contributed by atoms with Gasteiger partial charge in [-0.15, -0.1) is 11.3 Å². The number of hydrogen-bond donors (Lipinski definition) is 1. The molecule has 0 atom stereocenters. The third kappa shape index (κ3) is 3.31. The number of nitrogens with one attached hydrogen (secondary N) is 1. The predicted molar refractivity (Wildman–Crippen MR) is 96.1 cm³/mol. The molecule has 24 heavy (non-hydrogen) atoms. The maximum Gasteiger partial charge on any atom is 0.263 e. The summed E-state index contributed by atoms with van der Waals surface area (Å²) in [5, 5.41) is 7.10. The molecule has 126 valence electrons. The Morgan fingerprint density at radius 3 is 2.67 bits per heavy atom. The number of rotatable bonds is 4. The zero-order chi connectivity index (χ0) is 17.5. The van der Waals surface area contributed by atoms with E-state index in [0.717, 1.165) is 0 Å². The summed E-state index contributed by atoms with van der Waals surface area (Å²) >= 11 is 7.36. The maximum atomic E-state index is 12.6. The Bertz CT molecular complexity index is 1010. The van der Waals surface area contributed by atoms with E-state index in [1.165, 1.54) is 11.3 Å². The highest BCUT2D eigenvalue weighted by molar-refractivity contribution is 7.92. The number of hydrogen-bond acceptors (Lipinski definition) is 5. The second kappa shape index (κ2) is 6.19. The Kier molecular flexibility index (Phi) is 4.37. The monoisotopic (exact) mass is 382 g/mol. The molecule has 0 aliphatic heterocycles. The lowest BCUT2D eigenvalue weighted by Gasteiger charge is -2.10. The second-order valence-corrected chi connectivity index (χ2v) is 8.30. The van der Waals surface area contributed by atoms with Crippen molar-refractivity contribution in [2.24, 2.45) is 7.05 Å². The van der Waals surface area contributed by atoms with Crippen LogP contribution in [0.5, 0.6) is 0 Å². The first kappa shape index (κ1) is 16.9. The number of thiazole rings is 1. The average Bonchev–Trinajstić information content (AvgIpc) is 3.11. The van der Waals surface area contributed by atoms with Gasteiger partial charge >= 0.3 is 0 Å². The van der Waals surface area contributed by atoms with Crippen molar-refractivity contribution < 1.29 is 8.42 Å². The van der Waals surface area contributed by atoms with Gasteiger partial charge in [-0.1, -0.05) is 11.6 Å². The molecule has 0 radical (unpaired) electrons. The van der Waals surface area contributed by atoms with Gasteiger partial charge in [-0.2, -0.15) is 5.10 Å². The number of aromatic nitrogens is 3. The quantitative estimate of drug-likeness (QED) is 0.747. The van der Waals surface area contributed by atoms with E-state index in [2.05, 4.69) is 14.8 Å². The minimum absolute atomic E-state index is 0.191. The Morgan fingerprint density at radius 2 is 2.00 bits per heavy atom. The Morgan fingerprint density at radius 1 is 1.25 bits per heavy atom. The van der Waals surface area contributed by atoms with Crippen molar-refractivity contribution >= 4 is 38.8 Å². The minimum Gasteiger partial charge on any atom is -0.275 e. The van der Waals surface area contributed by atoms with Gasteiger partial charge in [-0.3, -0.25) is 9.40 Å². The van der Waals surface area contributed by atoms with Gasteiger partial charge in [0.1, 0.15) is 10.7 Å². The molecule has 0 saturated carbocycles. The number of halogens is 1. The summed E-state index contributed by atoms with van der Waals surface area (Å²) in [7, 11) is -1.93. The molecule has 0 saturated heterocycles. The molecule has 2 heterocycles. The summed E-state index contributed by atoms with van der Waals surface area (Å²) in [5.41, 5.74) is 1.99. The lowest BCUT2D eigenvalue weighted by Crippen LogP contribution is -2.14. The molecule has 9 heteroatoms. The van der Waals surface area contributed by atoms with E-state index >= 15 is 0 Å². The van der Waals surface area contributed by atoms with Crippen LogP contribution in [-0.4, -0.2) is 23.2 Å². The number of sulfonamides is 1. The van der Waals surface area contributed by atoms with Crippen molar-refractivity contribution in [3.63, 3.8) is 0 Å². The van der Waals surface area contributed by atoms with Crippen LogP contribution in [-0.2, 0) is 17.1 Å². The third-order valence-corrected chi connectivity index (χ3v) is 6.19. The molecular weight excluding hydrogens is 368 g/mol. The van der Waals surface area contributed by atoms with E-state index in [0.29, 0.717) is 26.9 Å². The van der Waals surface area contributed by atoms with Gasteiger partial charge < -0.3 is 0 Å². The van der Waals surface area contributed by atoms with Gasteiger partial charge in [0.15, 0.2) is 5.82 Å². The molecule has 3 rings (SSSR count). The van der Waals surface area contributed by atoms with Crippen molar-refractivity contribution in [3.05, 3.63) is 45.9 Å². The van der Waals surface area contributed by atoms with Crippen molar-refractivity contribution in [1.82, 2.24) is 14.8 Å². The van der Waals surface area contributed by atoms with E-state index < -0.39 is 10.0 Å². The van der Waals surface area contributed by atoms with Crippen LogP contribution < -0.4 is 4.72 Å². The van der Waals surface area contributed by atoms with E-state index in [9.17, 15) is 8.42 Å².